The van der Waals surface area contributed by atoms with Gasteiger partial charge in [-0.05, 0) is 61.0 Å². The lowest BCUT2D eigenvalue weighted by atomic mass is 9.99. The number of benzene rings is 2. The lowest BCUT2D eigenvalue weighted by molar-refractivity contribution is 0.134. The third kappa shape index (κ3) is 5.55. The van der Waals surface area contributed by atoms with Crippen LogP contribution in [0.1, 0.15) is 25.3 Å². The number of anilines is 1. The van der Waals surface area contributed by atoms with Crippen molar-refractivity contribution in [1.82, 2.24) is 24.7 Å². The molecule has 9 heteroatoms. The van der Waals surface area contributed by atoms with Gasteiger partial charge in [0.25, 0.3) is 0 Å². The molecule has 0 amide bonds. The lowest BCUT2D eigenvalue weighted by Gasteiger charge is -2.32. The fourth-order valence-electron chi connectivity index (χ4n) is 3.84. The molecule has 3 aromatic rings. The molecule has 1 saturated heterocycles. The Morgan fingerprint density at radius 1 is 1.00 bits per heavy atom. The van der Waals surface area contributed by atoms with Crippen LogP contribution in [-0.4, -0.2) is 81.3 Å². The molecule has 2 heterocycles. The van der Waals surface area contributed by atoms with E-state index in [1.54, 1.807) is 12.1 Å². The SMILES string of the molecule is CC(C)c1cc(-c2nnc(O)n2Nc2ccc(OCCN3CCN(C)CC3)cc2)ccc1O. The number of phenols is 1. The summed E-state index contributed by atoms with van der Waals surface area (Å²) < 4.78 is 7.32. The zero-order chi connectivity index (χ0) is 23.4. The molecule has 0 atom stereocenters. The second-order valence-electron chi connectivity index (χ2n) is 8.72. The topological polar surface area (TPSA) is 98.9 Å². The van der Waals surface area contributed by atoms with Gasteiger partial charge in [-0.25, -0.2) is 0 Å². The number of ether oxygens (including phenoxy) is 1. The van der Waals surface area contributed by atoms with Crippen molar-refractivity contribution in [2.24, 2.45) is 0 Å². The molecule has 0 aliphatic carbocycles. The van der Waals surface area contributed by atoms with Crippen LogP contribution in [0.5, 0.6) is 17.5 Å². The molecule has 176 valence electrons. The summed E-state index contributed by atoms with van der Waals surface area (Å²) in [5.41, 5.74) is 5.42. The first-order chi connectivity index (χ1) is 15.9. The van der Waals surface area contributed by atoms with E-state index in [1.807, 2.05) is 44.2 Å². The van der Waals surface area contributed by atoms with Gasteiger partial charge in [0.05, 0.1) is 5.69 Å². The van der Waals surface area contributed by atoms with E-state index in [1.165, 1.54) is 4.68 Å². The molecule has 2 aromatic carbocycles. The summed E-state index contributed by atoms with van der Waals surface area (Å²) in [4.78, 5) is 4.76. The molecule has 33 heavy (non-hydrogen) atoms. The predicted molar refractivity (Wildman–Crippen MR) is 128 cm³/mol. The smallest absolute Gasteiger partial charge is 0.334 e. The van der Waals surface area contributed by atoms with Crippen LogP contribution in [0, 0.1) is 0 Å². The highest BCUT2D eigenvalue weighted by atomic mass is 16.5. The zero-order valence-corrected chi connectivity index (χ0v) is 19.4. The van der Waals surface area contributed by atoms with Crippen LogP contribution >= 0.6 is 0 Å². The van der Waals surface area contributed by atoms with Crippen molar-refractivity contribution in [2.75, 3.05) is 51.8 Å². The van der Waals surface area contributed by atoms with Gasteiger partial charge in [0, 0.05) is 38.3 Å². The highest BCUT2D eigenvalue weighted by Gasteiger charge is 2.17. The molecule has 0 spiro atoms. The number of nitrogens with one attached hydrogen (secondary N) is 1. The summed E-state index contributed by atoms with van der Waals surface area (Å²) in [7, 11) is 2.15. The highest BCUT2D eigenvalue weighted by Crippen LogP contribution is 2.31. The second-order valence-corrected chi connectivity index (χ2v) is 8.72. The summed E-state index contributed by atoms with van der Waals surface area (Å²) in [5.74, 6) is 1.62. The summed E-state index contributed by atoms with van der Waals surface area (Å²) >= 11 is 0. The van der Waals surface area contributed by atoms with E-state index < -0.39 is 0 Å². The predicted octanol–water partition coefficient (Wildman–Crippen LogP) is 2.98. The van der Waals surface area contributed by atoms with Crippen molar-refractivity contribution >= 4 is 5.69 Å². The molecule has 0 bridgehead atoms. The third-order valence-electron chi connectivity index (χ3n) is 5.92. The molecule has 1 aromatic heterocycles. The van der Waals surface area contributed by atoms with E-state index >= 15 is 0 Å². The number of rotatable bonds is 8. The van der Waals surface area contributed by atoms with Crippen molar-refractivity contribution in [3.8, 4) is 28.9 Å². The number of aromatic nitrogens is 3. The molecular weight excluding hydrogens is 420 g/mol. The second kappa shape index (κ2) is 10.1. The maximum atomic E-state index is 10.2. The van der Waals surface area contributed by atoms with Gasteiger partial charge in [0.1, 0.15) is 18.1 Å². The quantitative estimate of drug-likeness (QED) is 0.480. The van der Waals surface area contributed by atoms with Crippen LogP contribution in [0.25, 0.3) is 11.4 Å². The van der Waals surface area contributed by atoms with Crippen molar-refractivity contribution in [3.05, 3.63) is 48.0 Å². The molecule has 3 N–H and O–H groups in total. The molecular formula is C24H32N6O3. The number of phenolic OH excluding ortho intramolecular Hbond substituents is 1. The van der Waals surface area contributed by atoms with Crippen LogP contribution in [-0.2, 0) is 0 Å². The Morgan fingerprint density at radius 2 is 1.73 bits per heavy atom. The average molecular weight is 453 g/mol. The number of aromatic hydroxyl groups is 2. The number of hydrogen-bond acceptors (Lipinski definition) is 8. The maximum Gasteiger partial charge on any atom is 0.334 e. The molecule has 4 rings (SSSR count). The van der Waals surface area contributed by atoms with Gasteiger partial charge in [-0.1, -0.05) is 18.9 Å². The van der Waals surface area contributed by atoms with Gasteiger partial charge in [-0.15, -0.1) is 5.10 Å². The first kappa shape index (κ1) is 22.9. The summed E-state index contributed by atoms with van der Waals surface area (Å²) in [6, 6.07) is 12.5. The lowest BCUT2D eigenvalue weighted by Crippen LogP contribution is -2.45. The van der Waals surface area contributed by atoms with E-state index in [2.05, 4.69) is 32.5 Å². The van der Waals surface area contributed by atoms with E-state index in [4.69, 9.17) is 4.74 Å². The normalized spacial score (nSPS) is 15.2. The molecule has 1 aliphatic heterocycles. The van der Waals surface area contributed by atoms with Gasteiger partial charge >= 0.3 is 6.01 Å². The van der Waals surface area contributed by atoms with Gasteiger partial charge in [0.2, 0.25) is 0 Å². The minimum atomic E-state index is -0.253. The minimum Gasteiger partial charge on any atom is -0.508 e. The zero-order valence-electron chi connectivity index (χ0n) is 19.4. The standard InChI is InChI=1S/C24H32N6O3/c1-17(2)21-16-18(4-9-22(21)31)23-25-26-24(32)30(23)27-19-5-7-20(8-6-19)33-15-14-29-12-10-28(3)11-13-29/h4-9,16-17,27,31H,10-15H2,1-3H3,(H,26,32). The first-order valence-corrected chi connectivity index (χ1v) is 11.3. The first-order valence-electron chi connectivity index (χ1n) is 11.3. The van der Waals surface area contributed by atoms with Crippen LogP contribution in [0.15, 0.2) is 42.5 Å². The van der Waals surface area contributed by atoms with Crippen molar-refractivity contribution in [3.63, 3.8) is 0 Å². The monoisotopic (exact) mass is 452 g/mol. The number of likely N-dealkylation sites (N-methyl/N-ethyl adjacent to an activating group) is 1. The van der Waals surface area contributed by atoms with Crippen molar-refractivity contribution in [1.29, 1.82) is 0 Å². The Morgan fingerprint density at radius 3 is 2.42 bits per heavy atom. The molecule has 1 fully saturated rings. The Balaban J connectivity index is 1.40. The van der Waals surface area contributed by atoms with Gasteiger partial charge in [0.15, 0.2) is 5.82 Å². The fourth-order valence-corrected chi connectivity index (χ4v) is 3.84. The largest absolute Gasteiger partial charge is 0.508 e. The Labute approximate surface area is 194 Å². The van der Waals surface area contributed by atoms with Crippen molar-refractivity contribution < 1.29 is 14.9 Å². The Hall–Kier alpha value is -3.30. The summed E-state index contributed by atoms with van der Waals surface area (Å²) in [6.45, 7) is 9.92. The van der Waals surface area contributed by atoms with Crippen LogP contribution in [0.2, 0.25) is 0 Å². The van der Waals surface area contributed by atoms with E-state index in [9.17, 15) is 10.2 Å². The minimum absolute atomic E-state index is 0.145. The molecule has 0 unspecified atom stereocenters. The average Bonchev–Trinajstić information content (AvgIpc) is 3.16. The fraction of sp³-hybridized carbons (Fsp3) is 0.417. The molecule has 0 radical (unpaired) electrons. The van der Waals surface area contributed by atoms with Crippen LogP contribution in [0.4, 0.5) is 5.69 Å². The molecule has 0 saturated carbocycles. The van der Waals surface area contributed by atoms with Crippen LogP contribution in [0.3, 0.4) is 0 Å². The number of nitrogens with zero attached hydrogens (tertiary/aromatic N) is 5. The summed E-state index contributed by atoms with van der Waals surface area (Å²) in [5, 5.41) is 28.3. The third-order valence-corrected chi connectivity index (χ3v) is 5.92. The number of piperazine rings is 1. The molecule has 1 aliphatic rings. The number of hydrogen-bond donors (Lipinski definition) is 3. The van der Waals surface area contributed by atoms with Gasteiger partial charge in [-0.3, -0.25) is 10.3 Å². The van der Waals surface area contributed by atoms with E-state index in [-0.39, 0.29) is 17.7 Å². The highest BCUT2D eigenvalue weighted by molar-refractivity contribution is 5.61. The van der Waals surface area contributed by atoms with Gasteiger partial charge in [-0.2, -0.15) is 4.68 Å². The Kier molecular flexibility index (Phi) is 7.00. The van der Waals surface area contributed by atoms with E-state index in [0.717, 1.165) is 55.3 Å². The Bertz CT molecular complexity index is 1060. The van der Waals surface area contributed by atoms with E-state index in [0.29, 0.717) is 12.4 Å². The van der Waals surface area contributed by atoms with Crippen molar-refractivity contribution in [2.45, 2.75) is 19.8 Å². The summed E-state index contributed by atoms with van der Waals surface area (Å²) in [6.07, 6.45) is 0. The van der Waals surface area contributed by atoms with Gasteiger partial charge < -0.3 is 19.8 Å². The molecule has 9 nitrogen and oxygen atoms in total. The maximum absolute atomic E-state index is 10.2. The van der Waals surface area contributed by atoms with Crippen LogP contribution < -0.4 is 10.2 Å².